The number of nitrogen functional groups attached to an aromatic ring is 1. The molecule has 0 atom stereocenters. The average Bonchev–Trinajstić information content (AvgIpc) is 2.46. The number of ether oxygens (including phenoxy) is 1. The lowest BCUT2D eigenvalue weighted by molar-refractivity contribution is 0.134. The smallest absolute Gasteiger partial charge is 0.127 e. The molecule has 0 aliphatic heterocycles. The van der Waals surface area contributed by atoms with Crippen molar-refractivity contribution in [1.29, 1.82) is 0 Å². The predicted octanol–water partition coefficient (Wildman–Crippen LogP) is -0.00590. The van der Waals surface area contributed by atoms with E-state index in [1.165, 1.54) is 0 Å². The van der Waals surface area contributed by atoms with Crippen molar-refractivity contribution in [3.05, 3.63) is 11.8 Å². The summed E-state index contributed by atoms with van der Waals surface area (Å²) in [5.74, 6) is 0.572. The van der Waals surface area contributed by atoms with Crippen LogP contribution in [0.1, 0.15) is 12.5 Å². The van der Waals surface area contributed by atoms with Gasteiger partial charge in [-0.1, -0.05) is 0 Å². The van der Waals surface area contributed by atoms with Gasteiger partial charge in [-0.15, -0.1) is 0 Å². The van der Waals surface area contributed by atoms with Crippen molar-refractivity contribution in [3.8, 4) is 0 Å². The minimum atomic E-state index is 0.0416. The molecule has 0 bridgehead atoms. The molecule has 0 saturated heterocycles. The normalized spacial score (nSPS) is 10.6. The first-order chi connectivity index (χ1) is 6.29. The van der Waals surface area contributed by atoms with Gasteiger partial charge in [-0.05, 0) is 6.92 Å². The highest BCUT2D eigenvalue weighted by molar-refractivity contribution is 5.37. The van der Waals surface area contributed by atoms with Gasteiger partial charge in [0.1, 0.15) is 5.82 Å². The number of rotatable bonds is 5. The van der Waals surface area contributed by atoms with E-state index in [9.17, 15) is 0 Å². The number of aliphatic hydroxyl groups excluding tert-OH is 1. The van der Waals surface area contributed by atoms with E-state index < -0.39 is 0 Å². The summed E-state index contributed by atoms with van der Waals surface area (Å²) < 4.78 is 6.76. The van der Waals surface area contributed by atoms with Crippen LogP contribution in [0.5, 0.6) is 0 Å². The van der Waals surface area contributed by atoms with Crippen molar-refractivity contribution in [2.24, 2.45) is 0 Å². The van der Waals surface area contributed by atoms with Gasteiger partial charge in [-0.25, -0.2) is 4.68 Å². The van der Waals surface area contributed by atoms with Crippen molar-refractivity contribution in [1.82, 2.24) is 9.78 Å². The van der Waals surface area contributed by atoms with E-state index in [2.05, 4.69) is 5.10 Å². The number of aromatic nitrogens is 2. The average molecular weight is 185 g/mol. The molecule has 1 aromatic heterocycles. The van der Waals surface area contributed by atoms with Crippen molar-refractivity contribution >= 4 is 5.82 Å². The van der Waals surface area contributed by atoms with E-state index in [0.29, 0.717) is 25.6 Å². The second kappa shape index (κ2) is 4.84. The zero-order valence-corrected chi connectivity index (χ0v) is 7.73. The minimum absolute atomic E-state index is 0.0416. The fraction of sp³-hybridized carbons (Fsp3) is 0.625. The van der Waals surface area contributed by atoms with Gasteiger partial charge in [0, 0.05) is 12.2 Å². The first-order valence-corrected chi connectivity index (χ1v) is 4.28. The van der Waals surface area contributed by atoms with E-state index >= 15 is 0 Å². The number of hydrogen-bond acceptors (Lipinski definition) is 4. The summed E-state index contributed by atoms with van der Waals surface area (Å²) in [5, 5.41) is 12.7. The highest BCUT2D eigenvalue weighted by Gasteiger charge is 2.05. The summed E-state index contributed by atoms with van der Waals surface area (Å²) in [6, 6.07) is 0. The molecule has 0 aromatic carbocycles. The first kappa shape index (κ1) is 10.0. The third kappa shape index (κ3) is 2.43. The van der Waals surface area contributed by atoms with Crippen LogP contribution in [0, 0.1) is 0 Å². The number of hydrogen-bond donors (Lipinski definition) is 2. The standard InChI is InChI=1S/C8H15N3O2/c1-2-13-6-7-5-10-11(3-4-12)8(7)9/h5,12H,2-4,6,9H2,1H3. The fourth-order valence-corrected chi connectivity index (χ4v) is 1.03. The van der Waals surface area contributed by atoms with Crippen LogP contribution in [-0.2, 0) is 17.9 Å². The largest absolute Gasteiger partial charge is 0.394 e. The molecule has 0 radical (unpaired) electrons. The molecule has 0 saturated carbocycles. The van der Waals surface area contributed by atoms with Crippen LogP contribution in [-0.4, -0.2) is 28.1 Å². The Labute approximate surface area is 77.1 Å². The lowest BCUT2D eigenvalue weighted by atomic mass is 10.3. The Morgan fingerprint density at radius 3 is 3.08 bits per heavy atom. The molecule has 1 rings (SSSR count). The first-order valence-electron chi connectivity index (χ1n) is 4.28. The number of nitrogens with two attached hydrogens (primary N) is 1. The van der Waals surface area contributed by atoms with Crippen LogP contribution >= 0.6 is 0 Å². The van der Waals surface area contributed by atoms with Gasteiger partial charge in [-0.2, -0.15) is 5.10 Å². The van der Waals surface area contributed by atoms with E-state index in [-0.39, 0.29) is 6.61 Å². The van der Waals surface area contributed by atoms with Crippen molar-refractivity contribution < 1.29 is 9.84 Å². The van der Waals surface area contributed by atoms with E-state index in [4.69, 9.17) is 15.6 Å². The Hall–Kier alpha value is -1.07. The number of anilines is 1. The molecule has 3 N–H and O–H groups in total. The summed E-state index contributed by atoms with van der Waals surface area (Å²) in [5.41, 5.74) is 6.61. The number of nitrogens with zero attached hydrogens (tertiary/aromatic N) is 2. The maximum Gasteiger partial charge on any atom is 0.127 e. The Kier molecular flexibility index (Phi) is 3.72. The summed E-state index contributed by atoms with van der Waals surface area (Å²) in [7, 11) is 0. The maximum absolute atomic E-state index is 8.68. The van der Waals surface area contributed by atoms with Gasteiger partial charge in [0.2, 0.25) is 0 Å². The van der Waals surface area contributed by atoms with E-state index in [1.54, 1.807) is 10.9 Å². The van der Waals surface area contributed by atoms with Gasteiger partial charge >= 0.3 is 0 Å². The Morgan fingerprint density at radius 2 is 2.46 bits per heavy atom. The molecule has 0 fully saturated rings. The van der Waals surface area contributed by atoms with Crippen LogP contribution in [0.15, 0.2) is 6.20 Å². The van der Waals surface area contributed by atoms with Crippen LogP contribution in [0.25, 0.3) is 0 Å². The SMILES string of the molecule is CCOCc1cnn(CCO)c1N. The summed E-state index contributed by atoms with van der Waals surface area (Å²) >= 11 is 0. The van der Waals surface area contributed by atoms with Gasteiger partial charge in [0.15, 0.2) is 0 Å². The molecule has 5 heteroatoms. The third-order valence-electron chi connectivity index (χ3n) is 1.73. The Balaban J connectivity index is 2.62. The van der Waals surface area contributed by atoms with E-state index in [1.807, 2.05) is 6.92 Å². The molecule has 0 aliphatic carbocycles. The third-order valence-corrected chi connectivity index (χ3v) is 1.73. The summed E-state index contributed by atoms with van der Waals surface area (Å²) in [6.07, 6.45) is 1.67. The zero-order valence-electron chi connectivity index (χ0n) is 7.73. The minimum Gasteiger partial charge on any atom is -0.394 e. The predicted molar refractivity (Wildman–Crippen MR) is 49.1 cm³/mol. The maximum atomic E-state index is 8.68. The lowest BCUT2D eigenvalue weighted by Crippen LogP contribution is -2.08. The van der Waals surface area contributed by atoms with Crippen LogP contribution in [0.2, 0.25) is 0 Å². The molecule has 0 unspecified atom stereocenters. The Bertz CT molecular complexity index is 260. The fourth-order valence-electron chi connectivity index (χ4n) is 1.03. The molecule has 0 aliphatic rings. The topological polar surface area (TPSA) is 73.3 Å². The molecule has 1 heterocycles. The second-order valence-corrected chi connectivity index (χ2v) is 2.64. The van der Waals surface area contributed by atoms with Crippen molar-refractivity contribution in [2.45, 2.75) is 20.1 Å². The summed E-state index contributed by atoms with van der Waals surface area (Å²) in [4.78, 5) is 0. The second-order valence-electron chi connectivity index (χ2n) is 2.64. The molecule has 1 aromatic rings. The molecule has 74 valence electrons. The molecule has 5 nitrogen and oxygen atoms in total. The molecular weight excluding hydrogens is 170 g/mol. The van der Waals surface area contributed by atoms with Gasteiger partial charge in [0.25, 0.3) is 0 Å². The lowest BCUT2D eigenvalue weighted by Gasteiger charge is -2.02. The van der Waals surface area contributed by atoms with Crippen LogP contribution in [0.3, 0.4) is 0 Å². The van der Waals surface area contributed by atoms with Crippen LogP contribution < -0.4 is 5.73 Å². The summed E-state index contributed by atoms with van der Waals surface area (Å²) in [6.45, 7) is 3.53. The molecule has 0 amide bonds. The van der Waals surface area contributed by atoms with Gasteiger partial charge in [0.05, 0.1) is 26.0 Å². The van der Waals surface area contributed by atoms with Crippen molar-refractivity contribution in [2.75, 3.05) is 18.9 Å². The van der Waals surface area contributed by atoms with E-state index in [0.717, 1.165) is 5.56 Å². The number of aliphatic hydroxyl groups is 1. The molecule has 13 heavy (non-hydrogen) atoms. The zero-order chi connectivity index (χ0) is 9.68. The Morgan fingerprint density at radius 1 is 1.69 bits per heavy atom. The highest BCUT2D eigenvalue weighted by atomic mass is 16.5. The van der Waals surface area contributed by atoms with Crippen molar-refractivity contribution in [3.63, 3.8) is 0 Å². The van der Waals surface area contributed by atoms with Crippen LogP contribution in [0.4, 0.5) is 5.82 Å². The molecule has 0 spiro atoms. The quantitative estimate of drug-likeness (QED) is 0.677. The monoisotopic (exact) mass is 185 g/mol. The highest BCUT2D eigenvalue weighted by Crippen LogP contribution is 2.11. The van der Waals surface area contributed by atoms with Gasteiger partial charge < -0.3 is 15.6 Å². The van der Waals surface area contributed by atoms with Gasteiger partial charge in [-0.3, -0.25) is 0 Å². The molecular formula is C8H15N3O2.